The van der Waals surface area contributed by atoms with E-state index in [-0.39, 0.29) is 6.04 Å². The normalized spacial score (nSPS) is 17.1. The first-order valence-corrected chi connectivity index (χ1v) is 7.00. The molecule has 4 nitrogen and oxygen atoms in total. The molecule has 0 aliphatic carbocycles. The molecule has 2 aromatic rings. The maximum Gasteiger partial charge on any atom is 0.124 e. The molecule has 1 atom stereocenters. The summed E-state index contributed by atoms with van der Waals surface area (Å²) in [4.78, 5) is 0. The van der Waals surface area contributed by atoms with Crippen molar-refractivity contribution in [3.05, 3.63) is 53.1 Å². The van der Waals surface area contributed by atoms with Crippen LogP contribution in [0.2, 0.25) is 0 Å². The molecule has 110 valence electrons. The van der Waals surface area contributed by atoms with Gasteiger partial charge in [-0.25, -0.2) is 0 Å². The van der Waals surface area contributed by atoms with Gasteiger partial charge in [-0.05, 0) is 47.9 Å². The van der Waals surface area contributed by atoms with Gasteiger partial charge < -0.3 is 19.9 Å². The third-order valence-electron chi connectivity index (χ3n) is 3.93. The van der Waals surface area contributed by atoms with Crippen LogP contribution >= 0.6 is 0 Å². The molecule has 21 heavy (non-hydrogen) atoms. The molecule has 3 rings (SSSR count). The predicted molar refractivity (Wildman–Crippen MR) is 81.2 cm³/mol. The summed E-state index contributed by atoms with van der Waals surface area (Å²) in [6.07, 6.45) is 0.909. The fourth-order valence-electron chi connectivity index (χ4n) is 2.89. The molecule has 0 saturated heterocycles. The predicted octanol–water partition coefficient (Wildman–Crippen LogP) is 2.64. The topological polar surface area (TPSA) is 50.7 Å². The van der Waals surface area contributed by atoms with Gasteiger partial charge in [0.1, 0.15) is 17.2 Å². The number of methoxy groups -OCH3 is 2. The number of hydrogen-bond acceptors (Lipinski definition) is 4. The molecule has 0 amide bonds. The Morgan fingerprint density at radius 2 is 1.90 bits per heavy atom. The zero-order chi connectivity index (χ0) is 14.8. The largest absolute Gasteiger partial charge is 0.508 e. The molecule has 0 spiro atoms. The number of phenols is 1. The van der Waals surface area contributed by atoms with E-state index in [4.69, 9.17) is 9.47 Å². The third-order valence-corrected chi connectivity index (χ3v) is 3.93. The Bertz CT molecular complexity index is 654. The molecule has 2 N–H and O–H groups in total. The lowest BCUT2D eigenvalue weighted by Crippen LogP contribution is -2.30. The SMILES string of the molecule is COc1ccc(OC)c(C2NCCc3cc(O)ccc32)c1. The molecule has 0 fully saturated rings. The van der Waals surface area contributed by atoms with Crippen LogP contribution in [0.1, 0.15) is 22.7 Å². The molecule has 0 radical (unpaired) electrons. The van der Waals surface area contributed by atoms with E-state index in [9.17, 15) is 5.11 Å². The van der Waals surface area contributed by atoms with Gasteiger partial charge in [0.15, 0.2) is 0 Å². The number of rotatable bonds is 3. The number of fused-ring (bicyclic) bond motifs is 1. The number of hydrogen-bond donors (Lipinski definition) is 2. The van der Waals surface area contributed by atoms with Crippen molar-refractivity contribution in [2.24, 2.45) is 0 Å². The molecule has 1 aliphatic rings. The summed E-state index contributed by atoms with van der Waals surface area (Å²) in [5.41, 5.74) is 3.39. The van der Waals surface area contributed by atoms with Crippen molar-refractivity contribution in [2.75, 3.05) is 20.8 Å². The van der Waals surface area contributed by atoms with Gasteiger partial charge in [0.25, 0.3) is 0 Å². The van der Waals surface area contributed by atoms with Gasteiger partial charge in [0.2, 0.25) is 0 Å². The molecule has 1 aliphatic heterocycles. The van der Waals surface area contributed by atoms with E-state index < -0.39 is 0 Å². The van der Waals surface area contributed by atoms with Crippen molar-refractivity contribution in [3.63, 3.8) is 0 Å². The minimum atomic E-state index is 0.0411. The molecule has 1 heterocycles. The van der Waals surface area contributed by atoms with Crippen molar-refractivity contribution in [1.82, 2.24) is 5.32 Å². The highest BCUT2D eigenvalue weighted by atomic mass is 16.5. The first kappa shape index (κ1) is 13.8. The van der Waals surface area contributed by atoms with Crippen LogP contribution in [0.4, 0.5) is 0 Å². The second-order valence-corrected chi connectivity index (χ2v) is 5.13. The lowest BCUT2D eigenvalue weighted by molar-refractivity contribution is 0.392. The molecule has 4 heteroatoms. The van der Waals surface area contributed by atoms with Crippen molar-refractivity contribution in [1.29, 1.82) is 0 Å². The van der Waals surface area contributed by atoms with Crippen LogP contribution in [0.3, 0.4) is 0 Å². The van der Waals surface area contributed by atoms with Crippen LogP contribution in [0.25, 0.3) is 0 Å². The first-order chi connectivity index (χ1) is 10.2. The van der Waals surface area contributed by atoms with Gasteiger partial charge >= 0.3 is 0 Å². The Morgan fingerprint density at radius 1 is 1.05 bits per heavy atom. The second-order valence-electron chi connectivity index (χ2n) is 5.13. The molecule has 1 unspecified atom stereocenters. The van der Waals surface area contributed by atoms with Crippen molar-refractivity contribution in [2.45, 2.75) is 12.5 Å². The Morgan fingerprint density at radius 3 is 2.67 bits per heavy atom. The van der Waals surface area contributed by atoms with Crippen LogP contribution in [-0.4, -0.2) is 25.9 Å². The number of phenolic OH excluding ortho intramolecular Hbond substituents is 1. The summed E-state index contributed by atoms with van der Waals surface area (Å²) < 4.78 is 10.8. The van der Waals surface area contributed by atoms with Crippen LogP contribution in [0.5, 0.6) is 17.2 Å². The Hall–Kier alpha value is -2.20. The summed E-state index contributed by atoms with van der Waals surface area (Å²) >= 11 is 0. The van der Waals surface area contributed by atoms with Gasteiger partial charge in [-0.2, -0.15) is 0 Å². The van der Waals surface area contributed by atoms with Gasteiger partial charge in [-0.3, -0.25) is 0 Å². The quantitative estimate of drug-likeness (QED) is 0.910. The summed E-state index contributed by atoms with van der Waals surface area (Å²) in [7, 11) is 3.33. The van der Waals surface area contributed by atoms with E-state index in [0.29, 0.717) is 5.75 Å². The van der Waals surface area contributed by atoms with E-state index in [1.807, 2.05) is 30.3 Å². The smallest absolute Gasteiger partial charge is 0.124 e. The lowest BCUT2D eigenvalue weighted by atomic mass is 9.89. The number of nitrogens with one attached hydrogen (secondary N) is 1. The monoisotopic (exact) mass is 285 g/mol. The summed E-state index contributed by atoms with van der Waals surface area (Å²) in [5, 5.41) is 13.2. The Balaban J connectivity index is 2.10. The van der Waals surface area contributed by atoms with Crippen LogP contribution in [-0.2, 0) is 6.42 Å². The maximum atomic E-state index is 9.66. The number of ether oxygens (including phenoxy) is 2. The zero-order valence-electron chi connectivity index (χ0n) is 12.2. The van der Waals surface area contributed by atoms with Gasteiger partial charge in [0, 0.05) is 12.1 Å². The fraction of sp³-hybridized carbons (Fsp3) is 0.294. The third kappa shape index (κ3) is 2.54. The first-order valence-electron chi connectivity index (χ1n) is 7.00. The molecular formula is C17H19NO3. The zero-order valence-corrected chi connectivity index (χ0v) is 12.2. The second kappa shape index (κ2) is 5.66. The van der Waals surface area contributed by atoms with Gasteiger partial charge in [-0.1, -0.05) is 6.07 Å². The minimum absolute atomic E-state index is 0.0411. The maximum absolute atomic E-state index is 9.66. The average molecular weight is 285 g/mol. The number of benzene rings is 2. The van der Waals surface area contributed by atoms with Gasteiger partial charge in [-0.15, -0.1) is 0 Å². The molecule has 0 saturated carbocycles. The van der Waals surface area contributed by atoms with Gasteiger partial charge in [0.05, 0.1) is 20.3 Å². The molecular weight excluding hydrogens is 266 g/mol. The minimum Gasteiger partial charge on any atom is -0.508 e. The highest BCUT2D eigenvalue weighted by Gasteiger charge is 2.24. The molecule has 2 aromatic carbocycles. The summed E-state index contributed by atoms with van der Waals surface area (Å²) in [6.45, 7) is 0.863. The fourth-order valence-corrected chi connectivity index (χ4v) is 2.89. The van der Waals surface area contributed by atoms with E-state index in [0.717, 1.165) is 30.0 Å². The van der Waals surface area contributed by atoms with E-state index in [1.165, 1.54) is 11.1 Å². The van der Waals surface area contributed by atoms with Crippen LogP contribution in [0.15, 0.2) is 36.4 Å². The van der Waals surface area contributed by atoms with Crippen LogP contribution < -0.4 is 14.8 Å². The van der Waals surface area contributed by atoms with Crippen molar-refractivity contribution in [3.8, 4) is 17.2 Å². The highest BCUT2D eigenvalue weighted by molar-refractivity contribution is 5.49. The summed E-state index contributed by atoms with van der Waals surface area (Å²) in [6, 6.07) is 11.4. The molecule has 0 aromatic heterocycles. The number of aromatic hydroxyl groups is 1. The average Bonchev–Trinajstić information content (AvgIpc) is 2.53. The van der Waals surface area contributed by atoms with Crippen molar-refractivity contribution < 1.29 is 14.6 Å². The van der Waals surface area contributed by atoms with Crippen LogP contribution in [0, 0.1) is 0 Å². The van der Waals surface area contributed by atoms with E-state index >= 15 is 0 Å². The lowest BCUT2D eigenvalue weighted by Gasteiger charge is -2.28. The van der Waals surface area contributed by atoms with E-state index in [1.54, 1.807) is 20.3 Å². The summed E-state index contributed by atoms with van der Waals surface area (Å²) in [5.74, 6) is 1.94. The van der Waals surface area contributed by atoms with Crippen molar-refractivity contribution >= 4 is 0 Å². The highest BCUT2D eigenvalue weighted by Crippen LogP contribution is 2.37. The Labute approximate surface area is 124 Å². The Kier molecular flexibility index (Phi) is 3.71. The van der Waals surface area contributed by atoms with E-state index in [2.05, 4.69) is 5.32 Å². The standard InChI is InChI=1S/C17H19NO3/c1-20-13-4-6-16(21-2)15(10-13)17-14-5-3-12(19)9-11(14)7-8-18-17/h3-6,9-10,17-19H,7-8H2,1-2H3. The molecule has 0 bridgehead atoms.